The Balaban J connectivity index is 1.60. The van der Waals surface area contributed by atoms with Crippen LogP contribution >= 0.6 is 0 Å². The Labute approximate surface area is 214 Å². The van der Waals surface area contributed by atoms with Gasteiger partial charge in [0.2, 0.25) is 5.91 Å². The van der Waals surface area contributed by atoms with Crippen LogP contribution in [0, 0.1) is 11.2 Å². The van der Waals surface area contributed by atoms with E-state index >= 15 is 0 Å². The summed E-state index contributed by atoms with van der Waals surface area (Å²) < 4.78 is 21.4. The zero-order chi connectivity index (χ0) is 26.3. The molecule has 4 heterocycles. The van der Waals surface area contributed by atoms with Crippen molar-refractivity contribution in [2.45, 2.75) is 65.5 Å². The number of methoxy groups -OCH3 is 1. The number of nitrogens with zero attached hydrogens (tertiary/aromatic N) is 3. The Morgan fingerprint density at radius 3 is 2.70 bits per heavy atom. The highest BCUT2D eigenvalue weighted by atomic mass is 19.1. The normalized spacial score (nSPS) is 18.6. The van der Waals surface area contributed by atoms with E-state index in [1.165, 1.54) is 19.2 Å². The average Bonchev–Trinajstić information content (AvgIpc) is 3.44. The summed E-state index contributed by atoms with van der Waals surface area (Å²) in [6, 6.07) is 8.41. The number of imidazole rings is 1. The van der Waals surface area contributed by atoms with Gasteiger partial charge in [0.05, 0.1) is 41.1 Å². The van der Waals surface area contributed by atoms with Gasteiger partial charge in [0.15, 0.2) is 5.82 Å². The predicted molar refractivity (Wildman–Crippen MR) is 140 cm³/mol. The zero-order valence-electron chi connectivity index (χ0n) is 21.7. The molecule has 2 N–H and O–H groups in total. The second-order valence-electron chi connectivity index (χ2n) is 10.5. The van der Waals surface area contributed by atoms with Gasteiger partial charge in [-0.2, -0.15) is 0 Å². The van der Waals surface area contributed by atoms with Gasteiger partial charge in [-0.25, -0.2) is 19.2 Å². The smallest absolute Gasteiger partial charge is 0.340 e. The topological polar surface area (TPSA) is 102 Å². The fraction of sp³-hybridized carbons (Fsp3) is 0.429. The number of aromatic nitrogens is 4. The van der Waals surface area contributed by atoms with Crippen molar-refractivity contribution < 1.29 is 18.7 Å². The van der Waals surface area contributed by atoms with Crippen molar-refractivity contribution in [1.82, 2.24) is 24.8 Å². The number of carbonyl (C=O) groups excluding carboxylic acids is 2. The molecule has 0 radical (unpaired) electrons. The molecule has 1 aliphatic rings. The van der Waals surface area contributed by atoms with E-state index in [-0.39, 0.29) is 17.5 Å². The predicted octanol–water partition coefficient (Wildman–Crippen LogP) is 5.67. The molecule has 1 atom stereocenters. The number of H-pyrrole nitrogens is 1. The van der Waals surface area contributed by atoms with E-state index in [9.17, 15) is 14.0 Å². The highest BCUT2D eigenvalue weighted by molar-refractivity contribution is 5.95. The Bertz CT molecular complexity index is 1500. The number of benzene rings is 1. The number of rotatable bonds is 2. The van der Waals surface area contributed by atoms with Crippen LogP contribution in [0.5, 0.6) is 0 Å². The Morgan fingerprint density at radius 2 is 1.92 bits per heavy atom. The molecule has 0 spiro atoms. The number of hydrogen-bond acceptors (Lipinski definition) is 5. The molecule has 3 aromatic heterocycles. The lowest BCUT2D eigenvalue weighted by atomic mass is 9.85. The molecule has 1 aliphatic heterocycles. The molecule has 2 bridgehead atoms. The summed E-state index contributed by atoms with van der Waals surface area (Å²) in [6.07, 6.45) is 4.84. The van der Waals surface area contributed by atoms with Gasteiger partial charge >= 0.3 is 5.97 Å². The standard InChI is InChI=1S/C28H32FN5O3/c1-16-20-10-9-17-13-23(24-31-21-14-18(26(35)37-4)19(29)15-22(21)32-24)34(25(17)33-20)12-8-6-5-7-11-28(2,3)27(36)30-16/h9-10,13-16H,5-8,11-12H2,1-4H3,(H,30,36)(H,31,32)/t16-/m1/s1. The minimum atomic E-state index is -0.743. The lowest BCUT2D eigenvalue weighted by Crippen LogP contribution is -2.38. The number of halogens is 1. The van der Waals surface area contributed by atoms with E-state index in [0.29, 0.717) is 16.9 Å². The van der Waals surface area contributed by atoms with Gasteiger partial charge in [-0.15, -0.1) is 0 Å². The first-order valence-electron chi connectivity index (χ1n) is 12.8. The number of pyridine rings is 1. The molecule has 8 nitrogen and oxygen atoms in total. The maximum atomic E-state index is 14.5. The van der Waals surface area contributed by atoms with Crippen molar-refractivity contribution in [3.63, 3.8) is 0 Å². The first-order chi connectivity index (χ1) is 17.7. The summed E-state index contributed by atoms with van der Waals surface area (Å²) >= 11 is 0. The fourth-order valence-corrected chi connectivity index (χ4v) is 4.99. The number of ether oxygens (including phenoxy) is 1. The van der Waals surface area contributed by atoms with Gasteiger partial charge < -0.3 is 19.6 Å². The third-order valence-corrected chi connectivity index (χ3v) is 7.32. The maximum absolute atomic E-state index is 14.5. The van der Waals surface area contributed by atoms with Gasteiger partial charge in [-0.05, 0) is 44.0 Å². The van der Waals surface area contributed by atoms with Crippen molar-refractivity contribution in [1.29, 1.82) is 0 Å². The minimum Gasteiger partial charge on any atom is -0.465 e. The van der Waals surface area contributed by atoms with Gasteiger partial charge in [0.25, 0.3) is 0 Å². The summed E-state index contributed by atoms with van der Waals surface area (Å²) in [4.78, 5) is 37.8. The van der Waals surface area contributed by atoms with Crippen molar-refractivity contribution in [3.8, 4) is 11.5 Å². The van der Waals surface area contributed by atoms with E-state index in [1.807, 2.05) is 39.0 Å². The number of amides is 1. The molecule has 0 fully saturated rings. The van der Waals surface area contributed by atoms with Crippen LogP contribution in [0.4, 0.5) is 4.39 Å². The maximum Gasteiger partial charge on any atom is 0.340 e. The van der Waals surface area contributed by atoms with Crippen molar-refractivity contribution in [2.75, 3.05) is 7.11 Å². The van der Waals surface area contributed by atoms with E-state index < -0.39 is 17.2 Å². The number of aromatic amines is 1. The lowest BCUT2D eigenvalue weighted by molar-refractivity contribution is -0.130. The largest absolute Gasteiger partial charge is 0.465 e. The summed E-state index contributed by atoms with van der Waals surface area (Å²) in [5, 5.41) is 4.09. The molecule has 37 heavy (non-hydrogen) atoms. The van der Waals surface area contributed by atoms with Crippen LogP contribution in [-0.4, -0.2) is 38.5 Å². The molecule has 194 valence electrons. The number of hydrogen-bond donors (Lipinski definition) is 2. The molecule has 1 aromatic carbocycles. The fourth-order valence-electron chi connectivity index (χ4n) is 4.99. The zero-order valence-corrected chi connectivity index (χ0v) is 21.7. The molecule has 5 rings (SSSR count). The van der Waals surface area contributed by atoms with Crippen LogP contribution in [0.2, 0.25) is 0 Å². The summed E-state index contributed by atoms with van der Waals surface area (Å²) in [7, 11) is 1.22. The van der Waals surface area contributed by atoms with Crippen LogP contribution in [-0.2, 0) is 16.1 Å². The Kier molecular flexibility index (Phi) is 6.47. The van der Waals surface area contributed by atoms with E-state index in [4.69, 9.17) is 9.72 Å². The van der Waals surface area contributed by atoms with E-state index in [0.717, 1.165) is 61.1 Å². The number of fused-ring (bicyclic) bond motifs is 2. The van der Waals surface area contributed by atoms with Crippen LogP contribution in [0.25, 0.3) is 33.6 Å². The molecule has 0 saturated carbocycles. The monoisotopic (exact) mass is 505 g/mol. The first-order valence-corrected chi connectivity index (χ1v) is 12.8. The van der Waals surface area contributed by atoms with E-state index in [1.54, 1.807) is 0 Å². The number of aryl methyl sites for hydroxylation is 1. The van der Waals surface area contributed by atoms with E-state index in [2.05, 4.69) is 19.9 Å². The number of esters is 1. The van der Waals surface area contributed by atoms with Crippen molar-refractivity contribution >= 4 is 33.9 Å². The minimum absolute atomic E-state index is 0.0378. The second kappa shape index (κ2) is 9.61. The SMILES string of the molecule is COC(=O)c1cc2nc(-c3cc4ccc5nc4n3CCCCCCC(C)(C)C(=O)N[C@@H]5C)[nH]c2cc1F. The second-order valence-corrected chi connectivity index (χ2v) is 10.5. The third kappa shape index (κ3) is 4.70. The third-order valence-electron chi connectivity index (χ3n) is 7.32. The van der Waals surface area contributed by atoms with Gasteiger partial charge in [-0.1, -0.05) is 33.1 Å². The number of nitrogens with one attached hydrogen (secondary N) is 2. The highest BCUT2D eigenvalue weighted by Crippen LogP contribution is 2.31. The summed E-state index contributed by atoms with van der Waals surface area (Å²) in [5.41, 5.74) is 2.82. The molecule has 1 amide bonds. The highest BCUT2D eigenvalue weighted by Gasteiger charge is 2.29. The van der Waals surface area contributed by atoms with Crippen molar-refractivity contribution in [3.05, 3.63) is 47.4 Å². The molecule has 9 heteroatoms. The number of carbonyl (C=O) groups is 2. The van der Waals surface area contributed by atoms with Crippen LogP contribution in [0.1, 0.15) is 75.0 Å². The first kappa shape index (κ1) is 24.9. The average molecular weight is 506 g/mol. The van der Waals surface area contributed by atoms with Crippen LogP contribution in [0.3, 0.4) is 0 Å². The summed E-state index contributed by atoms with van der Waals surface area (Å²) in [6.45, 7) is 6.71. The lowest BCUT2D eigenvalue weighted by Gasteiger charge is -2.26. The molecule has 0 aliphatic carbocycles. The Hall–Kier alpha value is -3.75. The molecule has 0 saturated heterocycles. The Morgan fingerprint density at radius 1 is 1.14 bits per heavy atom. The van der Waals surface area contributed by atoms with Gasteiger partial charge in [-0.3, -0.25) is 4.79 Å². The quantitative estimate of drug-likeness (QED) is 0.342. The van der Waals surface area contributed by atoms with Gasteiger partial charge in [0, 0.05) is 23.4 Å². The summed E-state index contributed by atoms with van der Waals surface area (Å²) in [5.74, 6) is -0.800. The van der Waals surface area contributed by atoms with Crippen LogP contribution < -0.4 is 5.32 Å². The van der Waals surface area contributed by atoms with Crippen molar-refractivity contribution in [2.24, 2.45) is 5.41 Å². The molecular formula is C28H32FN5O3. The molecule has 4 aromatic rings. The molecule has 0 unspecified atom stereocenters. The molecular weight excluding hydrogens is 473 g/mol. The van der Waals surface area contributed by atoms with Gasteiger partial charge in [0.1, 0.15) is 11.5 Å². The van der Waals surface area contributed by atoms with Crippen LogP contribution in [0.15, 0.2) is 30.3 Å².